The van der Waals surface area contributed by atoms with Crippen molar-refractivity contribution >= 4 is 39.9 Å². The van der Waals surface area contributed by atoms with Gasteiger partial charge in [0.2, 0.25) is 0 Å². The zero-order valence-electron chi connectivity index (χ0n) is 15.2. The minimum absolute atomic E-state index is 0.0183. The molecule has 28 heavy (non-hydrogen) atoms. The van der Waals surface area contributed by atoms with Crippen LogP contribution in [0.15, 0.2) is 42.6 Å². The number of phenols is 1. The van der Waals surface area contributed by atoms with Crippen LogP contribution in [0.4, 0.5) is 10.1 Å². The third kappa shape index (κ3) is 4.01. The van der Waals surface area contributed by atoms with Crippen LogP contribution in [0.2, 0.25) is 0 Å². The monoisotopic (exact) mass is 399 g/mol. The lowest BCUT2D eigenvalue weighted by Crippen LogP contribution is -2.24. The van der Waals surface area contributed by atoms with Crippen molar-refractivity contribution in [1.29, 1.82) is 0 Å². The summed E-state index contributed by atoms with van der Waals surface area (Å²) in [7, 11) is 2.90. The lowest BCUT2D eigenvalue weighted by molar-refractivity contribution is 0.0598. The predicted octanol–water partition coefficient (Wildman–Crippen LogP) is 3.37. The van der Waals surface area contributed by atoms with Crippen LogP contribution in [0.25, 0.3) is 10.9 Å². The molecule has 0 atom stereocenters. The van der Waals surface area contributed by atoms with Crippen LogP contribution in [-0.2, 0) is 11.2 Å². The maximum atomic E-state index is 13.1. The summed E-state index contributed by atoms with van der Waals surface area (Å²) in [5.74, 6) is -1.25. The van der Waals surface area contributed by atoms with E-state index in [9.17, 15) is 14.3 Å². The second kappa shape index (κ2) is 8.18. The average Bonchev–Trinajstić information content (AvgIpc) is 2.71. The van der Waals surface area contributed by atoms with Crippen molar-refractivity contribution in [2.75, 3.05) is 19.5 Å². The van der Waals surface area contributed by atoms with Gasteiger partial charge < -0.3 is 20.5 Å². The lowest BCUT2D eigenvalue weighted by atomic mass is 10.0. The number of anilines is 1. The number of aromatic nitrogens is 1. The van der Waals surface area contributed by atoms with Crippen molar-refractivity contribution < 1.29 is 19.0 Å². The van der Waals surface area contributed by atoms with Crippen LogP contribution < -0.4 is 10.6 Å². The molecular formula is C20H18FN3O3S. The molecule has 3 rings (SSSR count). The molecular weight excluding hydrogens is 381 g/mol. The van der Waals surface area contributed by atoms with E-state index >= 15 is 0 Å². The van der Waals surface area contributed by atoms with E-state index in [1.54, 1.807) is 25.4 Å². The standard InChI is InChI=1S/C20H18FN3O3S/c1-22-20(28)24-16-9-15(19(26)27-2)18(25)17-14(16)8-12(10-23-17)7-11-3-5-13(21)6-4-11/h3-6,8-10,25H,7H2,1-2H3,(H2,22,24,28). The summed E-state index contributed by atoms with van der Waals surface area (Å²) in [5.41, 5.74) is 2.49. The second-order valence-electron chi connectivity index (χ2n) is 6.06. The van der Waals surface area contributed by atoms with E-state index in [2.05, 4.69) is 15.6 Å². The molecule has 0 aliphatic carbocycles. The van der Waals surface area contributed by atoms with Gasteiger partial charge >= 0.3 is 5.97 Å². The van der Waals surface area contributed by atoms with Gasteiger partial charge in [-0.3, -0.25) is 4.98 Å². The van der Waals surface area contributed by atoms with Gasteiger partial charge in [0.05, 0.1) is 12.8 Å². The van der Waals surface area contributed by atoms with E-state index in [0.717, 1.165) is 11.1 Å². The van der Waals surface area contributed by atoms with Gasteiger partial charge in [0.15, 0.2) is 10.9 Å². The number of pyridine rings is 1. The minimum Gasteiger partial charge on any atom is -0.505 e. The molecule has 144 valence electrons. The van der Waals surface area contributed by atoms with Gasteiger partial charge in [0.25, 0.3) is 0 Å². The number of carbonyl (C=O) groups is 1. The number of methoxy groups -OCH3 is 1. The van der Waals surface area contributed by atoms with Crippen molar-refractivity contribution in [3.8, 4) is 5.75 Å². The van der Waals surface area contributed by atoms with Crippen molar-refractivity contribution in [2.24, 2.45) is 0 Å². The number of ether oxygens (including phenoxy) is 1. The number of halogens is 1. The highest BCUT2D eigenvalue weighted by atomic mass is 32.1. The molecule has 0 radical (unpaired) electrons. The minimum atomic E-state index is -0.685. The highest BCUT2D eigenvalue weighted by molar-refractivity contribution is 7.80. The quantitative estimate of drug-likeness (QED) is 0.352. The van der Waals surface area contributed by atoms with Gasteiger partial charge in [0.1, 0.15) is 16.9 Å². The molecule has 0 fully saturated rings. The number of carbonyl (C=O) groups excluding carboxylic acids is 1. The molecule has 2 aromatic carbocycles. The molecule has 0 unspecified atom stereocenters. The van der Waals surface area contributed by atoms with E-state index in [1.807, 2.05) is 6.07 Å². The zero-order chi connectivity index (χ0) is 20.3. The molecule has 0 aliphatic rings. The predicted molar refractivity (Wildman–Crippen MR) is 109 cm³/mol. The molecule has 3 N–H and O–H groups in total. The first kappa shape index (κ1) is 19.5. The molecule has 0 aliphatic heterocycles. The van der Waals surface area contributed by atoms with E-state index in [0.29, 0.717) is 22.6 Å². The largest absolute Gasteiger partial charge is 0.505 e. The molecule has 0 amide bonds. The number of aromatic hydroxyl groups is 1. The number of thiocarbonyl (C=S) groups is 1. The van der Waals surface area contributed by atoms with E-state index < -0.39 is 5.97 Å². The topological polar surface area (TPSA) is 83.5 Å². The Morgan fingerprint density at radius 2 is 1.96 bits per heavy atom. The second-order valence-corrected chi connectivity index (χ2v) is 6.47. The average molecular weight is 399 g/mol. The first-order valence-electron chi connectivity index (χ1n) is 8.39. The third-order valence-electron chi connectivity index (χ3n) is 4.20. The van der Waals surface area contributed by atoms with Crippen molar-refractivity contribution in [3.05, 3.63) is 65.1 Å². The molecule has 0 saturated carbocycles. The third-order valence-corrected chi connectivity index (χ3v) is 4.51. The number of esters is 1. The first-order valence-corrected chi connectivity index (χ1v) is 8.80. The number of benzene rings is 2. The van der Waals surface area contributed by atoms with Crippen LogP contribution >= 0.6 is 12.2 Å². The van der Waals surface area contributed by atoms with Gasteiger partial charge in [0, 0.05) is 18.6 Å². The molecule has 1 aromatic heterocycles. The fraction of sp³-hybridized carbons (Fsp3) is 0.150. The highest BCUT2D eigenvalue weighted by Crippen LogP contribution is 2.34. The summed E-state index contributed by atoms with van der Waals surface area (Å²) in [4.78, 5) is 16.3. The van der Waals surface area contributed by atoms with Crippen LogP contribution in [0.1, 0.15) is 21.5 Å². The number of hydrogen-bond donors (Lipinski definition) is 3. The van der Waals surface area contributed by atoms with Gasteiger partial charge in [-0.2, -0.15) is 0 Å². The van der Waals surface area contributed by atoms with Crippen molar-refractivity contribution in [3.63, 3.8) is 0 Å². The van der Waals surface area contributed by atoms with Crippen molar-refractivity contribution in [1.82, 2.24) is 10.3 Å². The number of rotatable bonds is 4. The SMILES string of the molecule is CNC(=S)Nc1cc(C(=O)OC)c(O)c2ncc(Cc3ccc(F)cc3)cc12. The number of nitrogens with zero attached hydrogens (tertiary/aromatic N) is 1. The Balaban J connectivity index is 2.11. The summed E-state index contributed by atoms with van der Waals surface area (Å²) >= 11 is 5.16. The Bertz CT molecular complexity index is 1050. The Labute approximate surface area is 166 Å². The molecule has 0 spiro atoms. The van der Waals surface area contributed by atoms with Crippen LogP contribution in [0, 0.1) is 5.82 Å². The number of hydrogen-bond acceptors (Lipinski definition) is 5. The van der Waals surface area contributed by atoms with E-state index in [4.69, 9.17) is 17.0 Å². The van der Waals surface area contributed by atoms with E-state index in [1.165, 1.54) is 25.3 Å². The molecule has 0 bridgehead atoms. The van der Waals surface area contributed by atoms with Crippen LogP contribution in [0.3, 0.4) is 0 Å². The van der Waals surface area contributed by atoms with Gasteiger partial charge in [-0.05, 0) is 54.0 Å². The van der Waals surface area contributed by atoms with E-state index in [-0.39, 0.29) is 22.6 Å². The highest BCUT2D eigenvalue weighted by Gasteiger charge is 2.19. The Morgan fingerprint density at radius 3 is 2.61 bits per heavy atom. The molecule has 1 heterocycles. The Morgan fingerprint density at radius 1 is 1.25 bits per heavy atom. The van der Waals surface area contributed by atoms with Gasteiger partial charge in [-0.25, -0.2) is 9.18 Å². The first-order chi connectivity index (χ1) is 13.4. The summed E-state index contributed by atoms with van der Waals surface area (Å²) in [5, 5.41) is 17.2. The maximum Gasteiger partial charge on any atom is 0.341 e. The summed E-state index contributed by atoms with van der Waals surface area (Å²) in [6.45, 7) is 0. The molecule has 6 nitrogen and oxygen atoms in total. The molecule has 8 heteroatoms. The Kier molecular flexibility index (Phi) is 5.70. The zero-order valence-corrected chi connectivity index (χ0v) is 16.1. The molecule has 3 aromatic rings. The fourth-order valence-electron chi connectivity index (χ4n) is 2.81. The lowest BCUT2D eigenvalue weighted by Gasteiger charge is -2.14. The van der Waals surface area contributed by atoms with Crippen LogP contribution in [0.5, 0.6) is 5.75 Å². The van der Waals surface area contributed by atoms with Crippen molar-refractivity contribution in [2.45, 2.75) is 6.42 Å². The summed E-state index contributed by atoms with van der Waals surface area (Å²) in [6.07, 6.45) is 2.13. The van der Waals surface area contributed by atoms with Gasteiger partial charge in [-0.1, -0.05) is 12.1 Å². The maximum absolute atomic E-state index is 13.1. The number of fused-ring (bicyclic) bond motifs is 1. The summed E-state index contributed by atoms with van der Waals surface area (Å²) in [6, 6.07) is 9.51. The normalized spacial score (nSPS) is 10.5. The Hall–Kier alpha value is -3.26. The summed E-state index contributed by atoms with van der Waals surface area (Å²) < 4.78 is 17.8. The number of phenolic OH excluding ortho intramolecular Hbond substituents is 1. The smallest absolute Gasteiger partial charge is 0.341 e. The van der Waals surface area contributed by atoms with Crippen LogP contribution in [-0.4, -0.2) is 35.3 Å². The fourth-order valence-corrected chi connectivity index (χ4v) is 2.92. The molecule has 0 saturated heterocycles. The number of nitrogens with one attached hydrogen (secondary N) is 2. The van der Waals surface area contributed by atoms with Gasteiger partial charge in [-0.15, -0.1) is 0 Å².